The van der Waals surface area contributed by atoms with E-state index in [-0.39, 0.29) is 23.8 Å². The number of amides is 1. The van der Waals surface area contributed by atoms with Crippen molar-refractivity contribution >= 4 is 5.91 Å². The zero-order valence-corrected chi connectivity index (χ0v) is 12.1. The molecule has 0 aliphatic heterocycles. The van der Waals surface area contributed by atoms with Crippen LogP contribution in [-0.2, 0) is 4.79 Å². The molecule has 0 heterocycles. The van der Waals surface area contributed by atoms with Gasteiger partial charge in [-0.15, -0.1) is 0 Å². The van der Waals surface area contributed by atoms with E-state index in [0.717, 1.165) is 11.3 Å². The molecule has 3 N–H and O–H groups in total. The second kappa shape index (κ2) is 7.14. The molecular formula is C15H24N2O2. The molecule has 1 amide bonds. The van der Waals surface area contributed by atoms with Gasteiger partial charge in [-0.3, -0.25) is 4.79 Å². The molecule has 0 saturated heterocycles. The molecule has 0 radical (unpaired) electrons. The lowest BCUT2D eigenvalue weighted by atomic mass is 9.94. The summed E-state index contributed by atoms with van der Waals surface area (Å²) in [6, 6.07) is 7.65. The first-order chi connectivity index (χ1) is 8.99. The number of benzene rings is 1. The highest BCUT2D eigenvalue weighted by molar-refractivity contribution is 5.79. The molecule has 1 unspecified atom stereocenters. The molecule has 1 aromatic rings. The molecule has 0 saturated carbocycles. The van der Waals surface area contributed by atoms with Crippen molar-refractivity contribution in [2.45, 2.75) is 26.8 Å². The van der Waals surface area contributed by atoms with Crippen LogP contribution in [0.4, 0.5) is 0 Å². The van der Waals surface area contributed by atoms with Crippen molar-refractivity contribution in [2.75, 3.05) is 13.7 Å². The minimum atomic E-state index is -0.138. The maximum absolute atomic E-state index is 12.1. The van der Waals surface area contributed by atoms with Crippen LogP contribution >= 0.6 is 0 Å². The summed E-state index contributed by atoms with van der Waals surface area (Å²) >= 11 is 0. The van der Waals surface area contributed by atoms with Crippen LogP contribution in [0, 0.1) is 11.8 Å². The van der Waals surface area contributed by atoms with E-state index in [4.69, 9.17) is 10.5 Å². The van der Waals surface area contributed by atoms with Gasteiger partial charge in [-0.05, 0) is 30.5 Å². The maximum atomic E-state index is 12.1. The van der Waals surface area contributed by atoms with Crippen molar-refractivity contribution in [3.05, 3.63) is 29.8 Å². The molecule has 1 aromatic carbocycles. The van der Waals surface area contributed by atoms with Crippen LogP contribution in [0.1, 0.15) is 32.4 Å². The Labute approximate surface area is 115 Å². The number of carbonyl (C=O) groups excluding carboxylic acids is 1. The van der Waals surface area contributed by atoms with Crippen LogP contribution in [-0.4, -0.2) is 19.6 Å². The summed E-state index contributed by atoms with van der Waals surface area (Å²) in [5.74, 6) is 0.930. The number of methoxy groups -OCH3 is 1. The fraction of sp³-hybridized carbons (Fsp3) is 0.533. The predicted molar refractivity (Wildman–Crippen MR) is 76.9 cm³/mol. The average molecular weight is 264 g/mol. The van der Waals surface area contributed by atoms with Crippen molar-refractivity contribution < 1.29 is 9.53 Å². The summed E-state index contributed by atoms with van der Waals surface area (Å²) < 4.78 is 5.11. The van der Waals surface area contributed by atoms with Gasteiger partial charge >= 0.3 is 0 Å². The highest BCUT2D eigenvalue weighted by Crippen LogP contribution is 2.18. The van der Waals surface area contributed by atoms with Crippen LogP contribution in [0.25, 0.3) is 0 Å². The average Bonchev–Trinajstić information content (AvgIpc) is 2.39. The summed E-state index contributed by atoms with van der Waals surface area (Å²) in [4.78, 5) is 12.1. The monoisotopic (exact) mass is 264 g/mol. The first kappa shape index (κ1) is 15.5. The summed E-state index contributed by atoms with van der Waals surface area (Å²) in [6.07, 6.45) is 0. The van der Waals surface area contributed by atoms with Gasteiger partial charge in [0.1, 0.15) is 5.75 Å². The Morgan fingerprint density at radius 2 is 1.84 bits per heavy atom. The third kappa shape index (κ3) is 4.24. The van der Waals surface area contributed by atoms with E-state index in [1.807, 2.05) is 45.0 Å². The molecule has 0 aliphatic rings. The lowest BCUT2D eigenvalue weighted by molar-refractivity contribution is -0.126. The van der Waals surface area contributed by atoms with E-state index < -0.39 is 0 Å². The maximum Gasteiger partial charge on any atom is 0.225 e. The molecule has 106 valence electrons. The second-order valence-corrected chi connectivity index (χ2v) is 5.09. The van der Waals surface area contributed by atoms with Gasteiger partial charge in [0, 0.05) is 6.54 Å². The minimum Gasteiger partial charge on any atom is -0.497 e. The van der Waals surface area contributed by atoms with Gasteiger partial charge in [0.25, 0.3) is 0 Å². The predicted octanol–water partition coefficient (Wildman–Crippen LogP) is 2.10. The van der Waals surface area contributed by atoms with Gasteiger partial charge in [-0.2, -0.15) is 0 Å². The van der Waals surface area contributed by atoms with E-state index in [1.54, 1.807) is 7.11 Å². The third-order valence-electron chi connectivity index (χ3n) is 3.37. The van der Waals surface area contributed by atoms with Crippen molar-refractivity contribution in [3.63, 3.8) is 0 Å². The quantitative estimate of drug-likeness (QED) is 0.827. The van der Waals surface area contributed by atoms with Crippen LogP contribution < -0.4 is 15.8 Å². The molecule has 19 heavy (non-hydrogen) atoms. The van der Waals surface area contributed by atoms with Crippen LogP contribution in [0.3, 0.4) is 0 Å². The Balaban J connectivity index is 2.67. The normalized spacial score (nSPS) is 14.0. The fourth-order valence-corrected chi connectivity index (χ4v) is 1.98. The van der Waals surface area contributed by atoms with Crippen molar-refractivity contribution in [1.29, 1.82) is 0 Å². The van der Waals surface area contributed by atoms with Crippen molar-refractivity contribution in [3.8, 4) is 5.75 Å². The molecule has 0 aliphatic carbocycles. The topological polar surface area (TPSA) is 64.3 Å². The van der Waals surface area contributed by atoms with Gasteiger partial charge in [0.2, 0.25) is 5.91 Å². The van der Waals surface area contributed by atoms with Gasteiger partial charge in [0.05, 0.1) is 19.1 Å². The fourth-order valence-electron chi connectivity index (χ4n) is 1.98. The molecule has 2 atom stereocenters. The summed E-state index contributed by atoms with van der Waals surface area (Å²) in [6.45, 7) is 6.36. The Bertz CT molecular complexity index is 401. The Hall–Kier alpha value is -1.55. The summed E-state index contributed by atoms with van der Waals surface area (Å²) in [5.41, 5.74) is 6.70. The number of nitrogens with two attached hydrogens (primary N) is 1. The van der Waals surface area contributed by atoms with E-state index in [2.05, 4.69) is 5.32 Å². The third-order valence-corrected chi connectivity index (χ3v) is 3.37. The number of carbonyl (C=O) groups is 1. The van der Waals surface area contributed by atoms with Gasteiger partial charge in [-0.1, -0.05) is 26.0 Å². The van der Waals surface area contributed by atoms with Crippen molar-refractivity contribution in [1.82, 2.24) is 5.32 Å². The zero-order chi connectivity index (χ0) is 14.4. The smallest absolute Gasteiger partial charge is 0.225 e. The first-order valence-corrected chi connectivity index (χ1v) is 6.64. The van der Waals surface area contributed by atoms with Crippen molar-refractivity contribution in [2.24, 2.45) is 17.6 Å². The second-order valence-electron chi connectivity index (χ2n) is 5.09. The lowest BCUT2D eigenvalue weighted by Gasteiger charge is -2.22. The summed E-state index contributed by atoms with van der Waals surface area (Å²) in [5, 5.41) is 3.01. The van der Waals surface area contributed by atoms with Gasteiger partial charge in [0.15, 0.2) is 0 Å². The highest BCUT2D eigenvalue weighted by Gasteiger charge is 2.22. The molecule has 0 aromatic heterocycles. The van der Waals surface area contributed by atoms with E-state index in [0.29, 0.717) is 6.54 Å². The highest BCUT2D eigenvalue weighted by atomic mass is 16.5. The SMILES string of the molecule is COc1ccc([C@H](C)NC(=O)C(CN)C(C)C)cc1. The molecule has 0 fully saturated rings. The molecular weight excluding hydrogens is 240 g/mol. The number of ether oxygens (including phenoxy) is 1. The number of hydrogen-bond donors (Lipinski definition) is 2. The van der Waals surface area contributed by atoms with Crippen LogP contribution in [0.2, 0.25) is 0 Å². The first-order valence-electron chi connectivity index (χ1n) is 6.64. The molecule has 0 bridgehead atoms. The lowest BCUT2D eigenvalue weighted by Crippen LogP contribution is -2.39. The molecule has 4 nitrogen and oxygen atoms in total. The minimum absolute atomic E-state index is 0.0146. The number of hydrogen-bond acceptors (Lipinski definition) is 3. The van der Waals surface area contributed by atoms with E-state index >= 15 is 0 Å². The van der Waals surface area contributed by atoms with Crippen LogP contribution in [0.5, 0.6) is 5.75 Å². The molecule has 0 spiro atoms. The molecule has 4 heteroatoms. The standard InChI is InChI=1S/C15H24N2O2/c1-10(2)14(9-16)15(18)17-11(3)12-5-7-13(19-4)8-6-12/h5-8,10-11,14H,9,16H2,1-4H3,(H,17,18)/t11-,14?/m0/s1. The van der Waals surface area contributed by atoms with Gasteiger partial charge < -0.3 is 15.8 Å². The Kier molecular flexibility index (Phi) is 5.83. The van der Waals surface area contributed by atoms with Crippen LogP contribution in [0.15, 0.2) is 24.3 Å². The largest absolute Gasteiger partial charge is 0.497 e. The number of rotatable bonds is 6. The molecule has 1 rings (SSSR count). The van der Waals surface area contributed by atoms with Gasteiger partial charge in [-0.25, -0.2) is 0 Å². The Morgan fingerprint density at radius 3 is 2.26 bits per heavy atom. The number of nitrogens with one attached hydrogen (secondary N) is 1. The Morgan fingerprint density at radius 1 is 1.26 bits per heavy atom. The van der Waals surface area contributed by atoms with E-state index in [9.17, 15) is 4.79 Å². The van der Waals surface area contributed by atoms with E-state index in [1.165, 1.54) is 0 Å². The summed E-state index contributed by atoms with van der Waals surface area (Å²) in [7, 11) is 1.63. The zero-order valence-electron chi connectivity index (χ0n) is 12.1.